The Morgan fingerprint density at radius 1 is 1.60 bits per heavy atom. The first-order valence-corrected chi connectivity index (χ1v) is 3.91. The van der Waals surface area contributed by atoms with E-state index in [1.807, 2.05) is 7.05 Å². The fourth-order valence-corrected chi connectivity index (χ4v) is 1.40. The van der Waals surface area contributed by atoms with Gasteiger partial charge in [-0.3, -0.25) is 0 Å². The molecule has 56 valence electrons. The Kier molecular flexibility index (Phi) is 2.34. The van der Waals surface area contributed by atoms with Crippen molar-refractivity contribution in [1.29, 1.82) is 0 Å². The summed E-state index contributed by atoms with van der Waals surface area (Å²) in [6, 6.07) is 0. The minimum Gasteiger partial charge on any atom is -0.319 e. The van der Waals surface area contributed by atoms with E-state index < -0.39 is 0 Å². The number of hydrogen-bond acceptors (Lipinski definition) is 1. The Labute approximate surface area is 63.2 Å². The van der Waals surface area contributed by atoms with Gasteiger partial charge in [0.1, 0.15) is 0 Å². The van der Waals surface area contributed by atoms with Crippen LogP contribution in [0.1, 0.15) is 25.7 Å². The first kappa shape index (κ1) is 7.63. The third-order valence-electron chi connectivity index (χ3n) is 2.31. The zero-order valence-electron chi connectivity index (χ0n) is 6.61. The molecule has 0 saturated heterocycles. The van der Waals surface area contributed by atoms with Gasteiger partial charge in [-0.15, -0.1) is 12.3 Å². The highest BCUT2D eigenvalue weighted by Crippen LogP contribution is 2.48. The van der Waals surface area contributed by atoms with Gasteiger partial charge in [-0.25, -0.2) is 0 Å². The molecule has 0 aromatic rings. The van der Waals surface area contributed by atoms with Gasteiger partial charge in [0.25, 0.3) is 0 Å². The molecule has 1 heteroatoms. The summed E-state index contributed by atoms with van der Waals surface area (Å²) in [6.07, 6.45) is 10.1. The van der Waals surface area contributed by atoms with Gasteiger partial charge in [-0.1, -0.05) is 0 Å². The van der Waals surface area contributed by atoms with Crippen LogP contribution < -0.4 is 5.32 Å². The zero-order chi connectivity index (χ0) is 7.45. The van der Waals surface area contributed by atoms with Crippen molar-refractivity contribution in [3.8, 4) is 12.3 Å². The highest BCUT2D eigenvalue weighted by Gasteiger charge is 2.40. The average molecular weight is 137 g/mol. The van der Waals surface area contributed by atoms with E-state index in [1.165, 1.54) is 19.3 Å². The van der Waals surface area contributed by atoms with Crippen molar-refractivity contribution in [3.63, 3.8) is 0 Å². The molecule has 0 aliphatic heterocycles. The molecule has 0 amide bonds. The summed E-state index contributed by atoms with van der Waals surface area (Å²) < 4.78 is 0. The first-order chi connectivity index (χ1) is 4.83. The summed E-state index contributed by atoms with van der Waals surface area (Å²) >= 11 is 0. The minimum absolute atomic E-state index is 0.598. The van der Waals surface area contributed by atoms with Crippen LogP contribution in [-0.4, -0.2) is 13.6 Å². The van der Waals surface area contributed by atoms with Crippen molar-refractivity contribution in [2.24, 2.45) is 5.41 Å². The van der Waals surface area contributed by atoms with Crippen LogP contribution in [0.3, 0.4) is 0 Å². The Morgan fingerprint density at radius 3 is 2.70 bits per heavy atom. The van der Waals surface area contributed by atoms with Gasteiger partial charge in [-0.2, -0.15) is 0 Å². The molecule has 10 heavy (non-hydrogen) atoms. The van der Waals surface area contributed by atoms with Crippen molar-refractivity contribution in [2.45, 2.75) is 25.7 Å². The van der Waals surface area contributed by atoms with E-state index in [4.69, 9.17) is 6.42 Å². The molecule has 1 aliphatic rings. The second kappa shape index (κ2) is 3.07. The molecule has 0 heterocycles. The Bertz CT molecular complexity index is 139. The normalized spacial score (nSPS) is 20.0. The average Bonchev–Trinajstić information content (AvgIpc) is 2.67. The lowest BCUT2D eigenvalue weighted by Gasteiger charge is -2.11. The Balaban J connectivity index is 2.18. The first-order valence-electron chi connectivity index (χ1n) is 3.91. The van der Waals surface area contributed by atoms with Crippen LogP contribution >= 0.6 is 0 Å². The van der Waals surface area contributed by atoms with Gasteiger partial charge >= 0.3 is 0 Å². The van der Waals surface area contributed by atoms with Crippen LogP contribution in [0.4, 0.5) is 0 Å². The quantitative estimate of drug-likeness (QED) is 0.577. The maximum atomic E-state index is 5.19. The number of hydrogen-bond donors (Lipinski definition) is 1. The maximum Gasteiger partial charge on any atom is 0.00918 e. The predicted octanol–water partition coefficient (Wildman–Crippen LogP) is 1.40. The van der Waals surface area contributed by atoms with E-state index in [-0.39, 0.29) is 0 Å². The predicted molar refractivity (Wildman–Crippen MR) is 43.7 cm³/mol. The molecular weight excluding hydrogens is 122 g/mol. The number of terminal acetylenes is 1. The SMILES string of the molecule is C#CCCC1(CNC)CC1. The lowest BCUT2D eigenvalue weighted by molar-refractivity contribution is 0.451. The van der Waals surface area contributed by atoms with E-state index in [1.54, 1.807) is 0 Å². The molecular formula is C9H15N. The van der Waals surface area contributed by atoms with E-state index in [0.29, 0.717) is 5.41 Å². The number of rotatable bonds is 4. The fourth-order valence-electron chi connectivity index (χ4n) is 1.40. The summed E-state index contributed by atoms with van der Waals surface area (Å²) in [5, 5.41) is 3.21. The van der Waals surface area contributed by atoms with Gasteiger partial charge in [0.2, 0.25) is 0 Å². The smallest absolute Gasteiger partial charge is 0.00918 e. The monoisotopic (exact) mass is 137 g/mol. The lowest BCUT2D eigenvalue weighted by Crippen LogP contribution is -2.19. The van der Waals surface area contributed by atoms with Crippen molar-refractivity contribution < 1.29 is 0 Å². The molecule has 1 aliphatic carbocycles. The van der Waals surface area contributed by atoms with Crippen molar-refractivity contribution >= 4 is 0 Å². The summed E-state index contributed by atoms with van der Waals surface area (Å²) in [5.74, 6) is 2.69. The largest absolute Gasteiger partial charge is 0.319 e. The molecule has 0 spiro atoms. The van der Waals surface area contributed by atoms with Gasteiger partial charge in [-0.05, 0) is 31.7 Å². The molecule has 0 unspecified atom stereocenters. The van der Waals surface area contributed by atoms with Gasteiger partial charge < -0.3 is 5.32 Å². The molecule has 1 nitrogen and oxygen atoms in total. The molecule has 0 aromatic heterocycles. The third-order valence-corrected chi connectivity index (χ3v) is 2.31. The van der Waals surface area contributed by atoms with Crippen LogP contribution in [0, 0.1) is 17.8 Å². The highest BCUT2D eigenvalue weighted by molar-refractivity contribution is 4.98. The van der Waals surface area contributed by atoms with Crippen LogP contribution in [-0.2, 0) is 0 Å². The Morgan fingerprint density at radius 2 is 2.30 bits per heavy atom. The van der Waals surface area contributed by atoms with Crippen molar-refractivity contribution in [3.05, 3.63) is 0 Å². The molecule has 0 bridgehead atoms. The van der Waals surface area contributed by atoms with Crippen LogP contribution in [0.25, 0.3) is 0 Å². The zero-order valence-corrected chi connectivity index (χ0v) is 6.61. The standard InChI is InChI=1S/C9H15N/c1-3-4-5-9(6-7-9)8-10-2/h1,10H,4-8H2,2H3. The summed E-state index contributed by atoms with van der Waals surface area (Å²) in [6.45, 7) is 1.15. The van der Waals surface area contributed by atoms with E-state index in [9.17, 15) is 0 Å². The van der Waals surface area contributed by atoms with Crippen LogP contribution in [0.2, 0.25) is 0 Å². The third kappa shape index (κ3) is 1.75. The molecule has 0 aromatic carbocycles. The van der Waals surface area contributed by atoms with Crippen molar-refractivity contribution in [1.82, 2.24) is 5.32 Å². The molecule has 0 atom stereocenters. The molecule has 0 radical (unpaired) electrons. The van der Waals surface area contributed by atoms with Gasteiger partial charge in [0, 0.05) is 13.0 Å². The lowest BCUT2D eigenvalue weighted by atomic mass is 10.0. The maximum absolute atomic E-state index is 5.19. The minimum atomic E-state index is 0.598. The second-order valence-corrected chi connectivity index (χ2v) is 3.23. The molecule has 1 N–H and O–H groups in total. The van der Waals surface area contributed by atoms with Crippen LogP contribution in [0.5, 0.6) is 0 Å². The highest BCUT2D eigenvalue weighted by atomic mass is 14.8. The molecule has 1 fully saturated rings. The van der Waals surface area contributed by atoms with Crippen molar-refractivity contribution in [2.75, 3.05) is 13.6 Å². The topological polar surface area (TPSA) is 12.0 Å². The second-order valence-electron chi connectivity index (χ2n) is 3.23. The summed E-state index contributed by atoms with van der Waals surface area (Å²) in [7, 11) is 2.01. The molecule has 1 rings (SSSR count). The molecule has 1 saturated carbocycles. The van der Waals surface area contributed by atoms with E-state index >= 15 is 0 Å². The summed E-state index contributed by atoms with van der Waals surface area (Å²) in [4.78, 5) is 0. The number of nitrogens with one attached hydrogen (secondary N) is 1. The van der Waals surface area contributed by atoms with E-state index in [0.717, 1.165) is 13.0 Å². The Hall–Kier alpha value is -0.480. The van der Waals surface area contributed by atoms with Gasteiger partial charge in [0.05, 0.1) is 0 Å². The summed E-state index contributed by atoms with van der Waals surface area (Å²) in [5.41, 5.74) is 0.598. The van der Waals surface area contributed by atoms with E-state index in [2.05, 4.69) is 11.2 Å². The fraction of sp³-hybridized carbons (Fsp3) is 0.778. The van der Waals surface area contributed by atoms with Crippen LogP contribution in [0.15, 0.2) is 0 Å². The van der Waals surface area contributed by atoms with Gasteiger partial charge in [0.15, 0.2) is 0 Å².